The molecule has 0 amide bonds. The lowest BCUT2D eigenvalue weighted by molar-refractivity contribution is 0.311. The van der Waals surface area contributed by atoms with Crippen molar-refractivity contribution >= 4 is 17.0 Å². The van der Waals surface area contributed by atoms with E-state index in [0.717, 1.165) is 17.6 Å². The molecule has 1 N–H and O–H groups in total. The molecule has 2 aromatic heterocycles. The molecule has 0 spiro atoms. The van der Waals surface area contributed by atoms with Crippen molar-refractivity contribution < 1.29 is 4.74 Å². The highest BCUT2D eigenvalue weighted by Gasteiger charge is 2.11. The van der Waals surface area contributed by atoms with Crippen molar-refractivity contribution in [3.63, 3.8) is 0 Å². The van der Waals surface area contributed by atoms with Gasteiger partial charge < -0.3 is 10.1 Å². The summed E-state index contributed by atoms with van der Waals surface area (Å²) in [7, 11) is 0. The predicted molar refractivity (Wildman–Crippen MR) is 79.8 cm³/mol. The summed E-state index contributed by atoms with van der Waals surface area (Å²) in [6.45, 7) is 5.10. The van der Waals surface area contributed by atoms with Gasteiger partial charge in [0.05, 0.1) is 17.6 Å². The molecule has 2 heterocycles. The molecule has 3 rings (SSSR count). The van der Waals surface area contributed by atoms with Gasteiger partial charge in [0, 0.05) is 6.54 Å². The van der Waals surface area contributed by atoms with Crippen LogP contribution < -0.4 is 10.1 Å². The summed E-state index contributed by atoms with van der Waals surface area (Å²) in [6.07, 6.45) is 1.70. The van der Waals surface area contributed by atoms with Gasteiger partial charge in [-0.1, -0.05) is 12.1 Å². The van der Waals surface area contributed by atoms with Crippen molar-refractivity contribution in [2.24, 2.45) is 0 Å². The fraction of sp³-hybridized carbons (Fsp3) is 0.286. The molecule has 1 aromatic carbocycles. The topological polar surface area (TPSA) is 77.8 Å². The van der Waals surface area contributed by atoms with Crippen molar-refractivity contribution in [3.8, 4) is 12.0 Å². The third-order valence-electron chi connectivity index (χ3n) is 2.88. The summed E-state index contributed by atoms with van der Waals surface area (Å²) in [4.78, 5) is 17.3. The monoisotopic (exact) mass is 284 g/mol. The Morgan fingerprint density at radius 1 is 1.14 bits per heavy atom. The van der Waals surface area contributed by atoms with E-state index >= 15 is 0 Å². The van der Waals surface area contributed by atoms with Gasteiger partial charge >= 0.3 is 6.01 Å². The predicted octanol–water partition coefficient (Wildman–Crippen LogP) is 2.04. The summed E-state index contributed by atoms with van der Waals surface area (Å²) < 4.78 is 7.23. The van der Waals surface area contributed by atoms with Gasteiger partial charge in [-0.15, -0.1) is 0 Å². The number of nitrogens with one attached hydrogen (secondary N) is 1. The number of nitrogens with zero attached hydrogens (tertiary/aromatic N) is 5. The summed E-state index contributed by atoms with van der Waals surface area (Å²) in [5, 5.41) is 3.08. The largest absolute Gasteiger partial charge is 0.464 e. The third kappa shape index (κ3) is 2.62. The van der Waals surface area contributed by atoms with Crippen LogP contribution in [0, 0.1) is 0 Å². The Morgan fingerprint density at radius 2 is 2.00 bits per heavy atom. The van der Waals surface area contributed by atoms with Crippen molar-refractivity contribution in [2.45, 2.75) is 13.8 Å². The number of ether oxygens (including phenoxy) is 1. The van der Waals surface area contributed by atoms with Crippen LogP contribution in [0.3, 0.4) is 0 Å². The number of anilines is 1. The van der Waals surface area contributed by atoms with Gasteiger partial charge in [-0.05, 0) is 26.0 Å². The van der Waals surface area contributed by atoms with Gasteiger partial charge in [0.2, 0.25) is 11.9 Å². The molecular formula is C14H16N6O. The SMILES string of the molecule is CCNc1nc(OCC)nc(-n2cnc3ccccc32)n1. The molecule has 0 radical (unpaired) electrons. The van der Waals surface area contributed by atoms with Crippen molar-refractivity contribution in [2.75, 3.05) is 18.5 Å². The van der Waals surface area contributed by atoms with Crippen molar-refractivity contribution in [3.05, 3.63) is 30.6 Å². The molecule has 0 bridgehead atoms. The number of fused-ring (bicyclic) bond motifs is 1. The molecule has 0 fully saturated rings. The molecule has 108 valence electrons. The lowest BCUT2D eigenvalue weighted by Gasteiger charge is -2.08. The fourth-order valence-electron chi connectivity index (χ4n) is 2.00. The van der Waals surface area contributed by atoms with Crippen LogP contribution in [0.25, 0.3) is 17.0 Å². The molecule has 21 heavy (non-hydrogen) atoms. The van der Waals surface area contributed by atoms with Crippen LogP contribution in [-0.4, -0.2) is 37.7 Å². The van der Waals surface area contributed by atoms with Gasteiger partial charge in [0.15, 0.2) is 0 Å². The molecule has 0 aliphatic heterocycles. The highest BCUT2D eigenvalue weighted by atomic mass is 16.5. The maximum Gasteiger partial charge on any atom is 0.323 e. The number of para-hydroxylation sites is 2. The zero-order valence-corrected chi connectivity index (χ0v) is 11.9. The van der Waals surface area contributed by atoms with Crippen LogP contribution in [0.15, 0.2) is 30.6 Å². The summed E-state index contributed by atoms with van der Waals surface area (Å²) in [5.74, 6) is 0.974. The van der Waals surface area contributed by atoms with Crippen LogP contribution in [0.4, 0.5) is 5.95 Å². The highest BCUT2D eigenvalue weighted by Crippen LogP contribution is 2.17. The Morgan fingerprint density at radius 3 is 2.81 bits per heavy atom. The van der Waals surface area contributed by atoms with Crippen LogP contribution in [0.5, 0.6) is 6.01 Å². The second-order valence-corrected chi connectivity index (χ2v) is 4.31. The first-order valence-electron chi connectivity index (χ1n) is 6.87. The van der Waals surface area contributed by atoms with E-state index in [0.29, 0.717) is 24.5 Å². The lowest BCUT2D eigenvalue weighted by Crippen LogP contribution is -2.10. The van der Waals surface area contributed by atoms with Gasteiger partial charge in [-0.25, -0.2) is 4.98 Å². The molecule has 0 unspecified atom stereocenters. The first kappa shape index (κ1) is 13.3. The van der Waals surface area contributed by atoms with E-state index < -0.39 is 0 Å². The van der Waals surface area contributed by atoms with Crippen molar-refractivity contribution in [1.82, 2.24) is 24.5 Å². The number of hydrogen-bond donors (Lipinski definition) is 1. The Kier molecular flexibility index (Phi) is 3.63. The Bertz CT molecular complexity index is 730. The quantitative estimate of drug-likeness (QED) is 0.772. The number of benzene rings is 1. The molecule has 0 aliphatic carbocycles. The Labute approximate surface area is 122 Å². The molecule has 0 saturated heterocycles. The standard InChI is InChI=1S/C14H16N6O/c1-3-15-12-17-13(19-14(18-12)21-4-2)20-9-16-10-7-5-6-8-11(10)20/h5-9H,3-4H2,1-2H3,(H,15,17,18,19). The van der Waals surface area contributed by atoms with E-state index in [-0.39, 0.29) is 0 Å². The number of rotatable bonds is 5. The van der Waals surface area contributed by atoms with E-state index in [2.05, 4.69) is 25.3 Å². The van der Waals surface area contributed by atoms with E-state index in [4.69, 9.17) is 4.74 Å². The first-order chi connectivity index (χ1) is 10.3. The normalized spacial score (nSPS) is 10.8. The first-order valence-corrected chi connectivity index (χ1v) is 6.87. The number of hydrogen-bond acceptors (Lipinski definition) is 6. The average molecular weight is 284 g/mol. The maximum atomic E-state index is 5.41. The smallest absolute Gasteiger partial charge is 0.323 e. The maximum absolute atomic E-state index is 5.41. The van der Waals surface area contributed by atoms with Crippen LogP contribution >= 0.6 is 0 Å². The van der Waals surface area contributed by atoms with Gasteiger partial charge in [-0.3, -0.25) is 4.57 Å². The molecule has 0 aliphatic rings. The van der Waals surface area contributed by atoms with E-state index in [9.17, 15) is 0 Å². The van der Waals surface area contributed by atoms with Gasteiger partial charge in [0.1, 0.15) is 6.33 Å². The lowest BCUT2D eigenvalue weighted by atomic mass is 10.3. The average Bonchev–Trinajstić information content (AvgIpc) is 2.92. The highest BCUT2D eigenvalue weighted by molar-refractivity contribution is 5.76. The van der Waals surface area contributed by atoms with Gasteiger partial charge in [0.25, 0.3) is 0 Å². The second-order valence-electron chi connectivity index (χ2n) is 4.31. The van der Waals surface area contributed by atoms with Crippen LogP contribution in [-0.2, 0) is 0 Å². The fourth-order valence-corrected chi connectivity index (χ4v) is 2.00. The van der Waals surface area contributed by atoms with E-state index in [1.54, 1.807) is 6.33 Å². The summed E-state index contributed by atoms with van der Waals surface area (Å²) in [5.41, 5.74) is 1.83. The number of aromatic nitrogens is 5. The molecule has 7 heteroatoms. The molecule has 0 saturated carbocycles. The summed E-state index contributed by atoms with van der Waals surface area (Å²) >= 11 is 0. The Balaban J connectivity index is 2.11. The minimum Gasteiger partial charge on any atom is -0.464 e. The van der Waals surface area contributed by atoms with Crippen molar-refractivity contribution in [1.29, 1.82) is 0 Å². The van der Waals surface area contributed by atoms with Crippen LogP contribution in [0.1, 0.15) is 13.8 Å². The number of imidazole rings is 1. The zero-order chi connectivity index (χ0) is 14.7. The molecular weight excluding hydrogens is 268 g/mol. The minimum absolute atomic E-state index is 0.302. The van der Waals surface area contributed by atoms with E-state index in [1.165, 1.54) is 0 Å². The van der Waals surface area contributed by atoms with E-state index in [1.807, 2.05) is 42.7 Å². The minimum atomic E-state index is 0.302. The second kappa shape index (κ2) is 5.74. The molecule has 3 aromatic rings. The zero-order valence-electron chi connectivity index (χ0n) is 11.9. The molecule has 7 nitrogen and oxygen atoms in total. The molecule has 0 atom stereocenters. The summed E-state index contributed by atoms with van der Waals surface area (Å²) in [6, 6.07) is 8.12. The van der Waals surface area contributed by atoms with Gasteiger partial charge in [-0.2, -0.15) is 15.0 Å². The Hall–Kier alpha value is -2.70. The van der Waals surface area contributed by atoms with Crippen LogP contribution in [0.2, 0.25) is 0 Å². The third-order valence-corrected chi connectivity index (χ3v) is 2.88.